The van der Waals surface area contributed by atoms with Gasteiger partial charge in [-0.15, -0.1) is 0 Å². The van der Waals surface area contributed by atoms with E-state index in [1.54, 1.807) is 6.20 Å². The number of aliphatic imine (C=N–C) groups is 1. The molecule has 0 unspecified atom stereocenters. The van der Waals surface area contributed by atoms with Crippen LogP contribution in [0.15, 0.2) is 35.0 Å². The molecule has 0 saturated heterocycles. The van der Waals surface area contributed by atoms with Crippen LogP contribution >= 0.6 is 0 Å². The lowest BCUT2D eigenvalue weighted by atomic mass is 10.0. The average Bonchev–Trinajstić information content (AvgIpc) is 2.87. The van der Waals surface area contributed by atoms with E-state index in [2.05, 4.69) is 9.84 Å². The molecule has 90 valence electrons. The van der Waals surface area contributed by atoms with Crippen LogP contribution in [-0.2, 0) is 0 Å². The molecule has 0 fully saturated rings. The Labute approximate surface area is 105 Å². The first-order valence-corrected chi connectivity index (χ1v) is 5.84. The molecular weight excluding hydrogens is 228 g/mol. The molecule has 0 atom stereocenters. The molecule has 1 aromatic rings. The normalized spacial score (nSPS) is 16.8. The molecule has 0 bridgehead atoms. The van der Waals surface area contributed by atoms with E-state index in [9.17, 15) is 0 Å². The van der Waals surface area contributed by atoms with Crippen LogP contribution in [-0.4, -0.2) is 25.5 Å². The molecule has 1 aromatic carbocycles. The lowest BCUT2D eigenvalue weighted by molar-refractivity contribution is 0.171. The number of hydrogen-bond donors (Lipinski definition) is 0. The average molecular weight is 240 g/mol. The standard InChI is InChI=1S/C14H12N2O2/c1-15-8-10-6-12(16-9-10)11-2-3-13-14(7-11)18-5-4-17-13/h2-3,7,9H,4-6,8H2. The van der Waals surface area contributed by atoms with E-state index in [1.807, 2.05) is 18.2 Å². The summed E-state index contributed by atoms with van der Waals surface area (Å²) in [4.78, 5) is 7.75. The Kier molecular flexibility index (Phi) is 2.73. The highest BCUT2D eigenvalue weighted by Crippen LogP contribution is 2.32. The van der Waals surface area contributed by atoms with Gasteiger partial charge in [0.2, 0.25) is 6.54 Å². The molecule has 0 N–H and O–H groups in total. The van der Waals surface area contributed by atoms with Crippen LogP contribution in [0.3, 0.4) is 0 Å². The van der Waals surface area contributed by atoms with Crippen molar-refractivity contribution in [1.29, 1.82) is 0 Å². The molecule has 2 aliphatic rings. The molecule has 3 rings (SSSR count). The predicted molar refractivity (Wildman–Crippen MR) is 68.1 cm³/mol. The van der Waals surface area contributed by atoms with Gasteiger partial charge < -0.3 is 14.3 Å². The minimum absolute atomic E-state index is 0.428. The minimum Gasteiger partial charge on any atom is -0.486 e. The first-order valence-electron chi connectivity index (χ1n) is 5.84. The second kappa shape index (κ2) is 4.53. The summed E-state index contributed by atoms with van der Waals surface area (Å²) >= 11 is 0. The van der Waals surface area contributed by atoms with Gasteiger partial charge >= 0.3 is 0 Å². The van der Waals surface area contributed by atoms with Gasteiger partial charge in [-0.3, -0.25) is 4.99 Å². The van der Waals surface area contributed by atoms with Crippen molar-refractivity contribution in [3.05, 3.63) is 47.0 Å². The zero-order chi connectivity index (χ0) is 12.4. The van der Waals surface area contributed by atoms with Crippen LogP contribution in [0.2, 0.25) is 0 Å². The maximum absolute atomic E-state index is 6.86. The highest BCUT2D eigenvalue weighted by Gasteiger charge is 2.17. The molecule has 18 heavy (non-hydrogen) atoms. The van der Waals surface area contributed by atoms with Gasteiger partial charge in [-0.1, -0.05) is 0 Å². The highest BCUT2D eigenvalue weighted by molar-refractivity contribution is 6.04. The van der Waals surface area contributed by atoms with Crippen molar-refractivity contribution in [1.82, 2.24) is 0 Å². The fourth-order valence-electron chi connectivity index (χ4n) is 2.07. The Morgan fingerprint density at radius 3 is 2.89 bits per heavy atom. The van der Waals surface area contributed by atoms with Gasteiger partial charge in [-0.05, 0) is 18.2 Å². The van der Waals surface area contributed by atoms with E-state index in [0.29, 0.717) is 19.8 Å². The smallest absolute Gasteiger partial charge is 0.237 e. The van der Waals surface area contributed by atoms with E-state index in [0.717, 1.165) is 34.8 Å². The molecule has 0 amide bonds. The number of rotatable bonds is 2. The van der Waals surface area contributed by atoms with E-state index < -0.39 is 0 Å². The van der Waals surface area contributed by atoms with Crippen molar-refractivity contribution in [3.63, 3.8) is 0 Å². The molecule has 0 saturated carbocycles. The summed E-state index contributed by atoms with van der Waals surface area (Å²) < 4.78 is 11.0. The Morgan fingerprint density at radius 1 is 1.22 bits per heavy atom. The Hall–Kier alpha value is -2.28. The van der Waals surface area contributed by atoms with Gasteiger partial charge in [0.1, 0.15) is 13.2 Å². The number of nitrogens with zero attached hydrogens (tertiary/aromatic N) is 2. The van der Waals surface area contributed by atoms with Crippen molar-refractivity contribution < 1.29 is 9.47 Å². The van der Waals surface area contributed by atoms with Crippen molar-refractivity contribution in [2.75, 3.05) is 19.8 Å². The van der Waals surface area contributed by atoms with Crippen molar-refractivity contribution in [2.45, 2.75) is 6.42 Å². The molecule has 4 heteroatoms. The van der Waals surface area contributed by atoms with Gasteiger partial charge in [-0.2, -0.15) is 0 Å². The Balaban J connectivity index is 1.81. The van der Waals surface area contributed by atoms with Crippen LogP contribution in [0.5, 0.6) is 11.5 Å². The predicted octanol–water partition coefficient (Wildman–Crippen LogP) is 2.45. The van der Waals surface area contributed by atoms with Gasteiger partial charge in [0.05, 0.1) is 5.71 Å². The SMILES string of the molecule is [C-]#[N+]CC1=CN=C(c2ccc3c(c2)OCCO3)C1. The third kappa shape index (κ3) is 1.95. The summed E-state index contributed by atoms with van der Waals surface area (Å²) in [6, 6.07) is 5.86. The largest absolute Gasteiger partial charge is 0.486 e. The number of benzene rings is 1. The Bertz CT molecular complexity index is 582. The molecule has 0 aromatic heterocycles. The zero-order valence-electron chi connectivity index (χ0n) is 9.85. The molecular formula is C14H12N2O2. The summed E-state index contributed by atoms with van der Waals surface area (Å²) in [6.07, 6.45) is 2.55. The summed E-state index contributed by atoms with van der Waals surface area (Å²) in [5, 5.41) is 0. The van der Waals surface area contributed by atoms with Crippen LogP contribution in [0.25, 0.3) is 4.85 Å². The van der Waals surface area contributed by atoms with Crippen LogP contribution in [0.4, 0.5) is 0 Å². The first-order chi connectivity index (χ1) is 8.86. The molecule has 2 heterocycles. The lowest BCUT2D eigenvalue weighted by Crippen LogP contribution is -2.15. The van der Waals surface area contributed by atoms with E-state index in [1.165, 1.54) is 0 Å². The fourth-order valence-corrected chi connectivity index (χ4v) is 2.07. The van der Waals surface area contributed by atoms with Crippen molar-refractivity contribution in [3.8, 4) is 11.5 Å². The lowest BCUT2D eigenvalue weighted by Gasteiger charge is -2.18. The Morgan fingerprint density at radius 2 is 2.06 bits per heavy atom. The molecule has 0 radical (unpaired) electrons. The van der Waals surface area contributed by atoms with E-state index >= 15 is 0 Å². The van der Waals surface area contributed by atoms with Gasteiger partial charge in [0.25, 0.3) is 0 Å². The summed E-state index contributed by atoms with van der Waals surface area (Å²) in [7, 11) is 0. The number of ether oxygens (including phenoxy) is 2. The molecule has 2 aliphatic heterocycles. The van der Waals surface area contributed by atoms with Crippen LogP contribution < -0.4 is 9.47 Å². The second-order valence-electron chi connectivity index (χ2n) is 4.21. The maximum atomic E-state index is 6.86. The minimum atomic E-state index is 0.428. The van der Waals surface area contributed by atoms with Gasteiger partial charge in [0, 0.05) is 23.8 Å². The number of hydrogen-bond acceptors (Lipinski definition) is 3. The second-order valence-corrected chi connectivity index (χ2v) is 4.21. The third-order valence-electron chi connectivity index (χ3n) is 2.96. The molecule has 0 aliphatic carbocycles. The van der Waals surface area contributed by atoms with Crippen molar-refractivity contribution in [2.24, 2.45) is 4.99 Å². The van der Waals surface area contributed by atoms with E-state index in [-0.39, 0.29) is 0 Å². The fraction of sp³-hybridized carbons (Fsp3) is 0.286. The molecule has 4 nitrogen and oxygen atoms in total. The van der Waals surface area contributed by atoms with Crippen LogP contribution in [0.1, 0.15) is 12.0 Å². The number of fused-ring (bicyclic) bond motifs is 1. The maximum Gasteiger partial charge on any atom is 0.237 e. The zero-order valence-corrected chi connectivity index (χ0v) is 9.85. The molecule has 0 spiro atoms. The quantitative estimate of drug-likeness (QED) is 0.744. The summed E-state index contributed by atoms with van der Waals surface area (Å²) in [5.41, 5.74) is 3.09. The van der Waals surface area contributed by atoms with Gasteiger partial charge in [-0.25, -0.2) is 6.57 Å². The monoisotopic (exact) mass is 240 g/mol. The summed E-state index contributed by atoms with van der Waals surface area (Å²) in [6.45, 7) is 8.48. The highest BCUT2D eigenvalue weighted by atomic mass is 16.6. The van der Waals surface area contributed by atoms with Gasteiger partial charge in [0.15, 0.2) is 11.5 Å². The van der Waals surface area contributed by atoms with Crippen LogP contribution in [0, 0.1) is 6.57 Å². The van der Waals surface area contributed by atoms with Crippen molar-refractivity contribution >= 4 is 5.71 Å². The van der Waals surface area contributed by atoms with E-state index in [4.69, 9.17) is 16.0 Å². The third-order valence-corrected chi connectivity index (χ3v) is 2.96. The summed E-state index contributed by atoms with van der Waals surface area (Å²) in [5.74, 6) is 1.57. The first kappa shape index (κ1) is 10.8. The topological polar surface area (TPSA) is 35.2 Å².